The van der Waals surface area contributed by atoms with E-state index in [9.17, 15) is 9.59 Å². The van der Waals surface area contributed by atoms with E-state index in [1.807, 2.05) is 18.2 Å². The van der Waals surface area contributed by atoms with Crippen LogP contribution in [0.3, 0.4) is 0 Å². The normalized spacial score (nSPS) is 10.8. The third kappa shape index (κ3) is 2.16. The number of aryl methyl sites for hydroxylation is 2. The minimum atomic E-state index is -0.0248. The molecule has 0 aliphatic heterocycles. The summed E-state index contributed by atoms with van der Waals surface area (Å²) in [6.45, 7) is 2.12. The first-order valence-corrected chi connectivity index (χ1v) is 5.89. The number of fused-ring (bicyclic) bond motifs is 1. The third-order valence-electron chi connectivity index (χ3n) is 3.12. The predicted molar refractivity (Wildman–Crippen MR) is 70.5 cm³/mol. The molecule has 1 heterocycles. The Morgan fingerprint density at radius 3 is 2.56 bits per heavy atom. The number of nitrogens with one attached hydrogen (secondary N) is 1. The number of imidazole rings is 1. The van der Waals surface area contributed by atoms with E-state index in [-0.39, 0.29) is 11.6 Å². The molecule has 0 aliphatic rings. The number of aromatic nitrogens is 2. The highest BCUT2D eigenvalue weighted by molar-refractivity contribution is 5.77. The highest BCUT2D eigenvalue weighted by atomic mass is 16.2. The SMILES string of the molecule is CC(=O)NCCc1ccc2c(c1)n(C)c(=O)n2C. The van der Waals surface area contributed by atoms with Gasteiger partial charge in [-0.2, -0.15) is 0 Å². The maximum Gasteiger partial charge on any atom is 0.328 e. The van der Waals surface area contributed by atoms with Gasteiger partial charge in [0.15, 0.2) is 0 Å². The van der Waals surface area contributed by atoms with Crippen LogP contribution in [0.5, 0.6) is 0 Å². The van der Waals surface area contributed by atoms with Crippen molar-refractivity contribution in [2.45, 2.75) is 13.3 Å². The Bertz CT molecular complexity index is 652. The quantitative estimate of drug-likeness (QED) is 0.861. The summed E-state index contributed by atoms with van der Waals surface area (Å²) in [7, 11) is 3.53. The average Bonchev–Trinajstić information content (AvgIpc) is 2.54. The molecule has 1 aromatic carbocycles. The van der Waals surface area contributed by atoms with Gasteiger partial charge in [-0.3, -0.25) is 13.9 Å². The van der Waals surface area contributed by atoms with Crippen LogP contribution in [-0.4, -0.2) is 21.6 Å². The van der Waals surface area contributed by atoms with Crippen molar-refractivity contribution in [1.29, 1.82) is 0 Å². The summed E-state index contributed by atoms with van der Waals surface area (Å²) in [6, 6.07) is 5.93. The lowest BCUT2D eigenvalue weighted by Crippen LogP contribution is -2.22. The maximum atomic E-state index is 11.8. The van der Waals surface area contributed by atoms with Gasteiger partial charge in [0.05, 0.1) is 11.0 Å². The summed E-state index contributed by atoms with van der Waals surface area (Å²) in [6.07, 6.45) is 0.763. The second kappa shape index (κ2) is 4.68. The fraction of sp³-hybridized carbons (Fsp3) is 0.385. The molecule has 0 fully saturated rings. The van der Waals surface area contributed by atoms with E-state index in [0.29, 0.717) is 6.54 Å². The lowest BCUT2D eigenvalue weighted by Gasteiger charge is -2.03. The fourth-order valence-corrected chi connectivity index (χ4v) is 2.09. The largest absolute Gasteiger partial charge is 0.356 e. The number of nitrogens with zero attached hydrogens (tertiary/aromatic N) is 2. The Kier molecular flexibility index (Phi) is 3.23. The van der Waals surface area contributed by atoms with Crippen LogP contribution in [0.25, 0.3) is 11.0 Å². The molecule has 1 N–H and O–H groups in total. The number of carbonyl (C=O) groups is 1. The molecule has 1 amide bonds. The number of hydrogen-bond donors (Lipinski definition) is 1. The molecule has 0 aliphatic carbocycles. The summed E-state index contributed by atoms with van der Waals surface area (Å²) < 4.78 is 3.27. The van der Waals surface area contributed by atoms with E-state index in [2.05, 4.69) is 5.32 Å². The summed E-state index contributed by atoms with van der Waals surface area (Å²) in [5.74, 6) is -0.0248. The molecule has 2 aromatic rings. The monoisotopic (exact) mass is 247 g/mol. The van der Waals surface area contributed by atoms with Crippen molar-refractivity contribution in [2.24, 2.45) is 14.1 Å². The van der Waals surface area contributed by atoms with Crippen LogP contribution in [0.15, 0.2) is 23.0 Å². The van der Waals surface area contributed by atoms with Gasteiger partial charge in [0.2, 0.25) is 5.91 Å². The highest BCUT2D eigenvalue weighted by Gasteiger charge is 2.07. The second-order valence-corrected chi connectivity index (χ2v) is 4.46. The minimum Gasteiger partial charge on any atom is -0.356 e. The third-order valence-corrected chi connectivity index (χ3v) is 3.12. The number of carbonyl (C=O) groups excluding carboxylic acids is 1. The van der Waals surface area contributed by atoms with Crippen LogP contribution in [0.2, 0.25) is 0 Å². The van der Waals surface area contributed by atoms with Crippen LogP contribution in [-0.2, 0) is 25.3 Å². The first-order chi connectivity index (χ1) is 8.50. The van der Waals surface area contributed by atoms with Crippen LogP contribution < -0.4 is 11.0 Å². The minimum absolute atomic E-state index is 0.0241. The molecule has 0 spiro atoms. The number of hydrogen-bond acceptors (Lipinski definition) is 2. The molecule has 0 saturated heterocycles. The van der Waals surface area contributed by atoms with Gasteiger partial charge >= 0.3 is 5.69 Å². The zero-order valence-electron chi connectivity index (χ0n) is 10.9. The molecule has 0 bridgehead atoms. The van der Waals surface area contributed by atoms with Crippen molar-refractivity contribution in [3.63, 3.8) is 0 Å². The smallest absolute Gasteiger partial charge is 0.328 e. The van der Waals surface area contributed by atoms with Crippen molar-refractivity contribution >= 4 is 16.9 Å². The van der Waals surface area contributed by atoms with Gasteiger partial charge in [-0.05, 0) is 24.1 Å². The van der Waals surface area contributed by atoms with Crippen LogP contribution >= 0.6 is 0 Å². The van der Waals surface area contributed by atoms with Crippen LogP contribution in [0.1, 0.15) is 12.5 Å². The van der Waals surface area contributed by atoms with E-state index in [1.54, 1.807) is 23.2 Å². The Morgan fingerprint density at radius 2 is 1.89 bits per heavy atom. The zero-order chi connectivity index (χ0) is 13.3. The maximum absolute atomic E-state index is 11.8. The summed E-state index contributed by atoms with van der Waals surface area (Å²) in [5, 5.41) is 2.76. The van der Waals surface area contributed by atoms with E-state index >= 15 is 0 Å². The number of benzene rings is 1. The van der Waals surface area contributed by atoms with Crippen molar-refractivity contribution in [1.82, 2.24) is 14.5 Å². The number of rotatable bonds is 3. The van der Waals surface area contributed by atoms with Gasteiger partial charge < -0.3 is 5.32 Å². The van der Waals surface area contributed by atoms with Gasteiger partial charge in [-0.1, -0.05) is 6.07 Å². The fourth-order valence-electron chi connectivity index (χ4n) is 2.09. The summed E-state index contributed by atoms with van der Waals surface area (Å²) in [4.78, 5) is 22.6. The second-order valence-electron chi connectivity index (χ2n) is 4.46. The summed E-state index contributed by atoms with van der Waals surface area (Å²) in [5.41, 5.74) is 2.93. The van der Waals surface area contributed by atoms with Gasteiger partial charge in [0.25, 0.3) is 0 Å². The topological polar surface area (TPSA) is 56.0 Å². The molecular formula is C13H17N3O2. The molecule has 5 nitrogen and oxygen atoms in total. The van der Waals surface area contributed by atoms with Crippen molar-refractivity contribution in [3.05, 3.63) is 34.2 Å². The zero-order valence-corrected chi connectivity index (χ0v) is 10.9. The van der Waals surface area contributed by atoms with Crippen molar-refractivity contribution < 1.29 is 4.79 Å². The Balaban J connectivity index is 2.30. The van der Waals surface area contributed by atoms with Gasteiger partial charge in [-0.15, -0.1) is 0 Å². The van der Waals surface area contributed by atoms with Gasteiger partial charge in [-0.25, -0.2) is 4.79 Å². The lowest BCUT2D eigenvalue weighted by molar-refractivity contribution is -0.118. The molecule has 2 rings (SSSR count). The molecule has 0 atom stereocenters. The van der Waals surface area contributed by atoms with Crippen molar-refractivity contribution in [3.8, 4) is 0 Å². The molecule has 0 unspecified atom stereocenters. The van der Waals surface area contributed by atoms with E-state index < -0.39 is 0 Å². The van der Waals surface area contributed by atoms with E-state index in [1.165, 1.54) is 6.92 Å². The highest BCUT2D eigenvalue weighted by Crippen LogP contribution is 2.14. The molecule has 1 aromatic heterocycles. The average molecular weight is 247 g/mol. The van der Waals surface area contributed by atoms with Gasteiger partial charge in [0.1, 0.15) is 0 Å². The van der Waals surface area contributed by atoms with E-state index in [0.717, 1.165) is 23.0 Å². The van der Waals surface area contributed by atoms with Gasteiger partial charge in [0, 0.05) is 27.6 Å². The number of amides is 1. The Labute approximate surface area is 105 Å². The van der Waals surface area contributed by atoms with E-state index in [4.69, 9.17) is 0 Å². The molecule has 5 heteroatoms. The molecular weight excluding hydrogens is 230 g/mol. The van der Waals surface area contributed by atoms with Crippen molar-refractivity contribution in [2.75, 3.05) is 6.54 Å². The first kappa shape index (κ1) is 12.4. The standard InChI is InChI=1S/C13H17N3O2/c1-9(17)14-7-6-10-4-5-11-12(8-10)16(3)13(18)15(11)2/h4-5,8H,6-7H2,1-3H3,(H,14,17). The summed E-state index contributed by atoms with van der Waals surface area (Å²) >= 11 is 0. The lowest BCUT2D eigenvalue weighted by atomic mass is 10.1. The molecule has 0 radical (unpaired) electrons. The van der Waals surface area contributed by atoms with Crippen LogP contribution in [0, 0.1) is 0 Å². The first-order valence-electron chi connectivity index (χ1n) is 5.89. The predicted octanol–water partition coefficient (Wildman–Crippen LogP) is 0.556. The molecule has 0 saturated carbocycles. The van der Waals surface area contributed by atoms with Crippen LogP contribution in [0.4, 0.5) is 0 Å². The Hall–Kier alpha value is -2.04. The Morgan fingerprint density at radius 1 is 1.22 bits per heavy atom. The molecule has 96 valence electrons. The molecule has 18 heavy (non-hydrogen) atoms.